The number of hydrogen-bond acceptors (Lipinski definition) is 2. The second-order valence-electron chi connectivity index (χ2n) is 4.65. The zero-order chi connectivity index (χ0) is 13.0. The van der Waals surface area contributed by atoms with Gasteiger partial charge in [0.1, 0.15) is 0 Å². The van der Waals surface area contributed by atoms with Crippen LogP contribution >= 0.6 is 0 Å². The number of nitrogens with one attached hydrogen (secondary N) is 1. The predicted octanol–water partition coefficient (Wildman–Crippen LogP) is 1.70. The van der Waals surface area contributed by atoms with Crippen molar-refractivity contribution < 1.29 is 14.7 Å². The molecule has 0 radical (unpaired) electrons. The summed E-state index contributed by atoms with van der Waals surface area (Å²) in [5.74, 6) is -0.485. The molecular weight excluding hydrogens is 230 g/mol. The Morgan fingerprint density at radius 3 is 2.78 bits per heavy atom. The Hall–Kier alpha value is -1.84. The molecular formula is C14H17NO3. The van der Waals surface area contributed by atoms with Gasteiger partial charge in [0.05, 0.1) is 0 Å². The Balaban J connectivity index is 1.67. The molecule has 2 N–H and O–H groups in total. The first-order valence-corrected chi connectivity index (χ1v) is 6.23. The third-order valence-corrected chi connectivity index (χ3v) is 3.30. The van der Waals surface area contributed by atoms with E-state index in [9.17, 15) is 9.59 Å². The zero-order valence-electron chi connectivity index (χ0n) is 10.2. The summed E-state index contributed by atoms with van der Waals surface area (Å²) in [6, 6.07) is 8.25. The molecule has 4 nitrogen and oxygen atoms in total. The highest BCUT2D eigenvalue weighted by molar-refractivity contribution is 5.76. The van der Waals surface area contributed by atoms with Gasteiger partial charge in [0, 0.05) is 25.3 Å². The summed E-state index contributed by atoms with van der Waals surface area (Å²) >= 11 is 0. The fourth-order valence-electron chi connectivity index (χ4n) is 2.27. The Morgan fingerprint density at radius 1 is 1.28 bits per heavy atom. The smallest absolute Gasteiger partial charge is 0.303 e. The lowest BCUT2D eigenvalue weighted by Gasteiger charge is -2.30. The standard InChI is InChI=1S/C14H17NO3/c16-13(6-3-7-14(17)18)15-9-11-8-10-4-1-2-5-12(10)11/h1-2,4-5,11H,3,6-9H2,(H,15,16)(H,17,18). The number of carbonyl (C=O) groups is 2. The number of carboxylic acids is 1. The van der Waals surface area contributed by atoms with Gasteiger partial charge in [0.25, 0.3) is 0 Å². The monoisotopic (exact) mass is 247 g/mol. The van der Waals surface area contributed by atoms with E-state index in [0.29, 0.717) is 25.3 Å². The number of carbonyl (C=O) groups excluding carboxylic acids is 1. The molecule has 2 rings (SSSR count). The van der Waals surface area contributed by atoms with E-state index in [1.807, 2.05) is 12.1 Å². The van der Waals surface area contributed by atoms with Crippen LogP contribution in [0.4, 0.5) is 0 Å². The van der Waals surface area contributed by atoms with Crippen LogP contribution in [-0.4, -0.2) is 23.5 Å². The molecule has 0 bridgehead atoms. The number of hydrogen-bond donors (Lipinski definition) is 2. The highest BCUT2D eigenvalue weighted by Gasteiger charge is 2.25. The summed E-state index contributed by atoms with van der Waals surface area (Å²) in [5, 5.41) is 11.3. The van der Waals surface area contributed by atoms with Gasteiger partial charge in [0.15, 0.2) is 0 Å². The topological polar surface area (TPSA) is 66.4 Å². The minimum absolute atomic E-state index is 0.0550. The molecule has 96 valence electrons. The maximum atomic E-state index is 11.5. The van der Waals surface area contributed by atoms with Crippen molar-refractivity contribution >= 4 is 11.9 Å². The van der Waals surface area contributed by atoms with Crippen LogP contribution in [-0.2, 0) is 16.0 Å². The number of carboxylic acid groups (broad SMARTS) is 1. The normalized spacial score (nSPS) is 16.6. The van der Waals surface area contributed by atoms with Crippen molar-refractivity contribution in [2.75, 3.05) is 6.54 Å². The minimum Gasteiger partial charge on any atom is -0.481 e. The Kier molecular flexibility index (Phi) is 3.97. The number of benzene rings is 1. The molecule has 4 heteroatoms. The Morgan fingerprint density at radius 2 is 2.06 bits per heavy atom. The van der Waals surface area contributed by atoms with E-state index in [-0.39, 0.29) is 12.3 Å². The lowest BCUT2D eigenvalue weighted by atomic mass is 9.77. The number of rotatable bonds is 6. The van der Waals surface area contributed by atoms with Gasteiger partial charge in [-0.25, -0.2) is 0 Å². The molecule has 0 fully saturated rings. The SMILES string of the molecule is O=C(O)CCCC(=O)NCC1Cc2ccccc21. The van der Waals surface area contributed by atoms with E-state index in [2.05, 4.69) is 17.4 Å². The summed E-state index contributed by atoms with van der Waals surface area (Å²) in [6.45, 7) is 0.656. The fourth-order valence-corrected chi connectivity index (χ4v) is 2.27. The van der Waals surface area contributed by atoms with Crippen LogP contribution in [0.2, 0.25) is 0 Å². The van der Waals surface area contributed by atoms with Crippen molar-refractivity contribution in [3.63, 3.8) is 0 Å². The summed E-state index contributed by atoms with van der Waals surface area (Å²) in [7, 11) is 0. The molecule has 0 aromatic heterocycles. The van der Waals surface area contributed by atoms with Gasteiger partial charge in [0.2, 0.25) is 5.91 Å². The van der Waals surface area contributed by atoms with Crippen LogP contribution in [0, 0.1) is 0 Å². The maximum Gasteiger partial charge on any atom is 0.303 e. The van der Waals surface area contributed by atoms with Gasteiger partial charge >= 0.3 is 5.97 Å². The molecule has 1 aromatic carbocycles. The average molecular weight is 247 g/mol. The molecule has 1 aliphatic rings. The summed E-state index contributed by atoms with van der Waals surface area (Å²) in [5.41, 5.74) is 2.69. The first kappa shape index (κ1) is 12.6. The van der Waals surface area contributed by atoms with Gasteiger partial charge in [-0.1, -0.05) is 24.3 Å². The van der Waals surface area contributed by atoms with Crippen molar-refractivity contribution in [1.29, 1.82) is 0 Å². The highest BCUT2D eigenvalue weighted by atomic mass is 16.4. The van der Waals surface area contributed by atoms with Crippen LogP contribution in [0.15, 0.2) is 24.3 Å². The van der Waals surface area contributed by atoms with E-state index in [1.165, 1.54) is 11.1 Å². The van der Waals surface area contributed by atoms with Crippen molar-refractivity contribution in [2.45, 2.75) is 31.6 Å². The van der Waals surface area contributed by atoms with E-state index in [1.54, 1.807) is 0 Å². The minimum atomic E-state index is -0.851. The van der Waals surface area contributed by atoms with Gasteiger partial charge in [-0.05, 0) is 24.0 Å². The lowest BCUT2D eigenvalue weighted by Crippen LogP contribution is -2.33. The number of fused-ring (bicyclic) bond motifs is 1. The molecule has 1 amide bonds. The molecule has 1 unspecified atom stereocenters. The zero-order valence-corrected chi connectivity index (χ0v) is 10.2. The molecule has 0 saturated carbocycles. The van der Waals surface area contributed by atoms with Crippen LogP contribution in [0.3, 0.4) is 0 Å². The number of aliphatic carboxylic acids is 1. The Bertz CT molecular complexity index is 456. The fraction of sp³-hybridized carbons (Fsp3) is 0.429. The van der Waals surface area contributed by atoms with E-state index < -0.39 is 5.97 Å². The van der Waals surface area contributed by atoms with E-state index in [4.69, 9.17) is 5.11 Å². The van der Waals surface area contributed by atoms with Gasteiger partial charge in [-0.15, -0.1) is 0 Å². The third-order valence-electron chi connectivity index (χ3n) is 3.30. The predicted molar refractivity (Wildman–Crippen MR) is 67.4 cm³/mol. The van der Waals surface area contributed by atoms with Gasteiger partial charge in [-0.3, -0.25) is 9.59 Å². The van der Waals surface area contributed by atoms with Crippen LogP contribution in [0.5, 0.6) is 0 Å². The summed E-state index contributed by atoms with van der Waals surface area (Å²) in [6.07, 6.45) is 1.77. The molecule has 1 aliphatic carbocycles. The third kappa shape index (κ3) is 3.09. The van der Waals surface area contributed by atoms with Gasteiger partial charge in [-0.2, -0.15) is 0 Å². The molecule has 0 aliphatic heterocycles. The quantitative estimate of drug-likeness (QED) is 0.804. The molecule has 18 heavy (non-hydrogen) atoms. The Labute approximate surface area is 106 Å². The molecule has 1 aromatic rings. The highest BCUT2D eigenvalue weighted by Crippen LogP contribution is 2.33. The van der Waals surface area contributed by atoms with Crippen molar-refractivity contribution in [3.8, 4) is 0 Å². The second kappa shape index (κ2) is 5.67. The number of amides is 1. The summed E-state index contributed by atoms with van der Waals surface area (Å²) in [4.78, 5) is 21.8. The molecule has 0 saturated heterocycles. The largest absolute Gasteiger partial charge is 0.481 e. The van der Waals surface area contributed by atoms with E-state index in [0.717, 1.165) is 6.42 Å². The maximum absolute atomic E-state index is 11.5. The summed E-state index contributed by atoms with van der Waals surface area (Å²) < 4.78 is 0. The molecule has 1 atom stereocenters. The van der Waals surface area contributed by atoms with Crippen molar-refractivity contribution in [3.05, 3.63) is 35.4 Å². The first-order valence-electron chi connectivity index (χ1n) is 6.23. The van der Waals surface area contributed by atoms with Crippen molar-refractivity contribution in [2.24, 2.45) is 0 Å². The van der Waals surface area contributed by atoms with Crippen LogP contribution in [0.25, 0.3) is 0 Å². The van der Waals surface area contributed by atoms with Crippen LogP contribution < -0.4 is 5.32 Å². The van der Waals surface area contributed by atoms with Crippen molar-refractivity contribution in [1.82, 2.24) is 5.32 Å². The second-order valence-corrected chi connectivity index (χ2v) is 4.65. The first-order chi connectivity index (χ1) is 8.66. The van der Waals surface area contributed by atoms with Gasteiger partial charge < -0.3 is 10.4 Å². The van der Waals surface area contributed by atoms with E-state index >= 15 is 0 Å². The average Bonchev–Trinajstić information content (AvgIpc) is 2.30. The lowest BCUT2D eigenvalue weighted by molar-refractivity contribution is -0.137. The van der Waals surface area contributed by atoms with Crippen LogP contribution in [0.1, 0.15) is 36.3 Å². The molecule has 0 heterocycles. The molecule has 0 spiro atoms.